The van der Waals surface area contributed by atoms with Gasteiger partial charge < -0.3 is 20.4 Å². The molecule has 0 bridgehead atoms. The first-order chi connectivity index (χ1) is 25.0. The maximum Gasteiger partial charge on any atom is 0.339 e. The van der Waals surface area contributed by atoms with Crippen molar-refractivity contribution in [2.75, 3.05) is 0 Å². The Morgan fingerprint density at radius 3 is 1.96 bits per heavy atom. The number of rotatable bonds is 12. The van der Waals surface area contributed by atoms with Crippen molar-refractivity contribution in [3.8, 4) is 11.5 Å². The van der Waals surface area contributed by atoms with Gasteiger partial charge in [0.05, 0.1) is 0 Å². The summed E-state index contributed by atoms with van der Waals surface area (Å²) < 4.78 is 29.6. The van der Waals surface area contributed by atoms with Crippen molar-refractivity contribution in [2.24, 2.45) is 58.2 Å². The third kappa shape index (κ3) is 7.50. The highest BCUT2D eigenvalue weighted by molar-refractivity contribution is 5.95. The van der Waals surface area contributed by atoms with Crippen LogP contribution in [0.2, 0.25) is 0 Å². The van der Waals surface area contributed by atoms with E-state index in [9.17, 15) is 38.8 Å². The summed E-state index contributed by atoms with van der Waals surface area (Å²) in [6, 6.07) is 4.16. The summed E-state index contributed by atoms with van der Waals surface area (Å²) in [7, 11) is 0. The number of aromatic hydroxyl groups is 2. The van der Waals surface area contributed by atoms with Gasteiger partial charge in [0.25, 0.3) is 0 Å². The number of phenols is 2. The van der Waals surface area contributed by atoms with Crippen LogP contribution in [0.4, 0.5) is 8.78 Å². The average molecular weight is 735 g/mol. The van der Waals surface area contributed by atoms with Gasteiger partial charge in [-0.15, -0.1) is 0 Å². The quantitative estimate of drug-likeness (QED) is 0.173. The molecular formula is C45H60F2O6. The summed E-state index contributed by atoms with van der Waals surface area (Å²) >= 11 is 0. The Morgan fingerprint density at radius 1 is 0.792 bits per heavy atom. The van der Waals surface area contributed by atoms with Crippen molar-refractivity contribution in [3.63, 3.8) is 0 Å². The molecule has 0 saturated heterocycles. The Morgan fingerprint density at radius 2 is 1.38 bits per heavy atom. The molecule has 2 aromatic carbocycles. The zero-order chi connectivity index (χ0) is 38.4. The van der Waals surface area contributed by atoms with Crippen LogP contribution in [0.5, 0.6) is 11.5 Å². The second kappa shape index (κ2) is 15.4. The maximum absolute atomic E-state index is 14.8. The lowest BCUT2D eigenvalue weighted by Crippen LogP contribution is -2.53. The van der Waals surface area contributed by atoms with Crippen LogP contribution in [0.1, 0.15) is 156 Å². The number of allylic oxidation sites excluding steroid dienone is 1. The van der Waals surface area contributed by atoms with E-state index < -0.39 is 46.2 Å². The molecule has 290 valence electrons. The van der Waals surface area contributed by atoms with E-state index in [2.05, 4.69) is 34.6 Å². The second-order valence-corrected chi connectivity index (χ2v) is 18.3. The SMILES string of the molecule is CC(C)CCC[C@@H](C)[C@H]1CC[C@H]2[C@@H]3CCC4CC(CCC=C(c5cc(F)c(O)c(C(=O)O)c5)c5cc(F)c(O)c(C(=O)O)c5)CC[C@]4(C)[C@H]3CC[C@]12C. The van der Waals surface area contributed by atoms with E-state index >= 15 is 0 Å². The number of carboxylic acid groups (broad SMARTS) is 2. The molecule has 6 rings (SSSR count). The molecule has 6 nitrogen and oxygen atoms in total. The number of halogens is 2. The Hall–Kier alpha value is -3.42. The zero-order valence-electron chi connectivity index (χ0n) is 32.3. The highest BCUT2D eigenvalue weighted by Gasteiger charge is 2.60. The number of carboxylic acids is 2. The molecule has 2 aromatic rings. The summed E-state index contributed by atoms with van der Waals surface area (Å²) in [5, 5.41) is 39.4. The van der Waals surface area contributed by atoms with Gasteiger partial charge in [0.2, 0.25) is 0 Å². The minimum absolute atomic E-state index is 0.0667. The molecule has 0 aromatic heterocycles. The minimum Gasteiger partial charge on any atom is -0.504 e. The highest BCUT2D eigenvalue weighted by Crippen LogP contribution is 2.69. The highest BCUT2D eigenvalue weighted by atomic mass is 19.1. The molecule has 9 atom stereocenters. The number of fused-ring (bicyclic) bond motifs is 5. The van der Waals surface area contributed by atoms with Gasteiger partial charge >= 0.3 is 11.9 Å². The molecule has 0 radical (unpaired) electrons. The van der Waals surface area contributed by atoms with Gasteiger partial charge in [0.15, 0.2) is 23.1 Å². The number of benzene rings is 2. The lowest BCUT2D eigenvalue weighted by Gasteiger charge is -2.61. The number of aromatic carboxylic acids is 2. The number of carbonyl (C=O) groups is 2. The first-order valence-electron chi connectivity index (χ1n) is 20.3. The number of hydrogen-bond acceptors (Lipinski definition) is 4. The summed E-state index contributed by atoms with van der Waals surface area (Å²) in [5.41, 5.74) is -0.121. The minimum atomic E-state index is -1.53. The Bertz CT molecular complexity index is 1660. The molecule has 0 amide bonds. The van der Waals surface area contributed by atoms with E-state index in [-0.39, 0.29) is 16.7 Å². The molecule has 4 aliphatic carbocycles. The van der Waals surface area contributed by atoms with Gasteiger partial charge in [-0.05, 0) is 170 Å². The van der Waals surface area contributed by atoms with Crippen molar-refractivity contribution in [2.45, 2.75) is 125 Å². The van der Waals surface area contributed by atoms with Gasteiger partial charge in [0.1, 0.15) is 11.1 Å². The fourth-order valence-corrected chi connectivity index (χ4v) is 12.3. The third-order valence-corrected chi connectivity index (χ3v) is 15.1. The molecule has 0 heterocycles. The van der Waals surface area contributed by atoms with Crippen LogP contribution < -0.4 is 0 Å². The molecule has 4 aliphatic rings. The van der Waals surface area contributed by atoms with Crippen LogP contribution in [0, 0.1) is 69.8 Å². The van der Waals surface area contributed by atoms with Crippen molar-refractivity contribution < 1.29 is 38.8 Å². The van der Waals surface area contributed by atoms with E-state index in [1.807, 2.05) is 0 Å². The van der Waals surface area contributed by atoms with Crippen LogP contribution in [-0.2, 0) is 0 Å². The van der Waals surface area contributed by atoms with Crippen molar-refractivity contribution >= 4 is 17.5 Å². The van der Waals surface area contributed by atoms with Crippen molar-refractivity contribution in [3.05, 3.63) is 64.2 Å². The second-order valence-electron chi connectivity index (χ2n) is 18.3. The predicted molar refractivity (Wildman–Crippen MR) is 203 cm³/mol. The third-order valence-electron chi connectivity index (χ3n) is 15.1. The van der Waals surface area contributed by atoms with E-state index in [1.54, 1.807) is 6.08 Å². The molecule has 0 spiro atoms. The normalized spacial score (nSPS) is 31.3. The van der Waals surface area contributed by atoms with Gasteiger partial charge in [-0.3, -0.25) is 0 Å². The lowest BCUT2D eigenvalue weighted by molar-refractivity contribution is -0.121. The van der Waals surface area contributed by atoms with Crippen LogP contribution >= 0.6 is 0 Å². The summed E-state index contributed by atoms with van der Waals surface area (Å²) in [6.45, 7) is 12.4. The molecule has 53 heavy (non-hydrogen) atoms. The van der Waals surface area contributed by atoms with E-state index in [0.29, 0.717) is 29.1 Å². The Balaban J connectivity index is 1.17. The van der Waals surface area contributed by atoms with Crippen LogP contribution in [-0.4, -0.2) is 32.4 Å². The summed E-state index contributed by atoms with van der Waals surface area (Å²) in [5.74, 6) is -1.38. The van der Waals surface area contributed by atoms with E-state index in [4.69, 9.17) is 0 Å². The number of hydrogen-bond donors (Lipinski definition) is 4. The first-order valence-corrected chi connectivity index (χ1v) is 20.3. The van der Waals surface area contributed by atoms with Gasteiger partial charge in [-0.25, -0.2) is 18.4 Å². The fourth-order valence-electron chi connectivity index (χ4n) is 12.3. The van der Waals surface area contributed by atoms with Gasteiger partial charge in [-0.1, -0.05) is 60.0 Å². The van der Waals surface area contributed by atoms with Crippen molar-refractivity contribution in [1.29, 1.82) is 0 Å². The Labute approximate surface area is 314 Å². The Kier molecular flexibility index (Phi) is 11.4. The molecule has 4 N–H and O–H groups in total. The van der Waals surface area contributed by atoms with Crippen molar-refractivity contribution in [1.82, 2.24) is 0 Å². The summed E-state index contributed by atoms with van der Waals surface area (Å²) in [4.78, 5) is 23.6. The monoisotopic (exact) mass is 734 g/mol. The van der Waals surface area contributed by atoms with Crippen LogP contribution in [0.15, 0.2) is 30.3 Å². The smallest absolute Gasteiger partial charge is 0.339 e. The van der Waals surface area contributed by atoms with Crippen LogP contribution in [0.3, 0.4) is 0 Å². The summed E-state index contributed by atoms with van der Waals surface area (Å²) in [6.07, 6.45) is 18.7. The molecule has 4 saturated carbocycles. The first kappa shape index (κ1) is 39.3. The molecular weight excluding hydrogens is 674 g/mol. The lowest BCUT2D eigenvalue weighted by atomic mass is 9.44. The molecule has 0 aliphatic heterocycles. The standard InChI is InChI=1S/C45H60F2O6/c1-25(2)8-6-9-26(3)35-14-15-36-32-13-12-30-20-27(16-18-44(30,4)37(32)17-19-45(35,36)5)10-7-11-31(28-21-33(42(50)51)40(48)38(46)23-28)29-22-34(43(52)53)41(49)39(47)24-29/h11,21-27,30,32,35-37,48-49H,6-10,12-20H2,1-5H3,(H,50,51)(H,52,53)/t26-,27?,30?,32+,35-,36+,37+,44+,45-/m1/s1. The maximum atomic E-state index is 14.8. The van der Waals surface area contributed by atoms with E-state index in [0.717, 1.165) is 79.0 Å². The average Bonchev–Trinajstić information content (AvgIpc) is 3.46. The fraction of sp³-hybridized carbons (Fsp3) is 0.644. The van der Waals surface area contributed by atoms with Crippen LogP contribution in [0.25, 0.3) is 5.57 Å². The topological polar surface area (TPSA) is 115 Å². The van der Waals surface area contributed by atoms with Gasteiger partial charge in [-0.2, -0.15) is 0 Å². The molecule has 2 unspecified atom stereocenters. The van der Waals surface area contributed by atoms with E-state index in [1.165, 1.54) is 64.2 Å². The largest absolute Gasteiger partial charge is 0.504 e. The van der Waals surface area contributed by atoms with Gasteiger partial charge in [0, 0.05) is 0 Å². The zero-order valence-corrected chi connectivity index (χ0v) is 32.3. The molecule has 4 fully saturated rings. The predicted octanol–water partition coefficient (Wildman–Crippen LogP) is 11.7. The molecule has 8 heteroatoms.